The van der Waals surface area contributed by atoms with Crippen molar-refractivity contribution in [3.8, 4) is 11.3 Å². The number of aromatic nitrogens is 3. The van der Waals surface area contributed by atoms with Gasteiger partial charge in [-0.15, -0.1) is 0 Å². The molecule has 6 nitrogen and oxygen atoms in total. The summed E-state index contributed by atoms with van der Waals surface area (Å²) in [7, 11) is 0. The number of likely N-dealkylation sites (tertiary alicyclic amines) is 1. The fraction of sp³-hybridized carbons (Fsp3) is 0.391. The van der Waals surface area contributed by atoms with Gasteiger partial charge in [0, 0.05) is 13.0 Å². The lowest BCUT2D eigenvalue weighted by Gasteiger charge is -2.25. The van der Waals surface area contributed by atoms with Gasteiger partial charge in [0.15, 0.2) is 0 Å². The number of carbonyl (C=O) groups excluding carboxylic acids is 1. The van der Waals surface area contributed by atoms with E-state index in [-0.39, 0.29) is 11.9 Å². The first-order valence-corrected chi connectivity index (χ1v) is 10.1. The third-order valence-electron chi connectivity index (χ3n) is 5.53. The molecule has 6 heteroatoms. The van der Waals surface area contributed by atoms with Crippen LogP contribution in [-0.4, -0.2) is 32.5 Å². The van der Waals surface area contributed by atoms with Crippen LogP contribution in [0, 0.1) is 20.8 Å². The highest BCUT2D eigenvalue weighted by atomic mass is 16.5. The Bertz CT molecular complexity index is 993. The highest BCUT2D eigenvalue weighted by Crippen LogP contribution is 2.34. The van der Waals surface area contributed by atoms with Gasteiger partial charge in [-0.1, -0.05) is 35.5 Å². The zero-order chi connectivity index (χ0) is 20.4. The molecule has 150 valence electrons. The number of aryl methyl sites for hydroxylation is 4. The summed E-state index contributed by atoms with van der Waals surface area (Å²) in [6.07, 6.45) is 3.19. The summed E-state index contributed by atoms with van der Waals surface area (Å²) in [6.45, 7) is 6.48. The molecule has 1 amide bonds. The molecule has 0 saturated carbocycles. The molecule has 4 rings (SSSR count). The summed E-state index contributed by atoms with van der Waals surface area (Å²) in [5, 5.41) is 4.05. The first-order valence-electron chi connectivity index (χ1n) is 10.1. The van der Waals surface area contributed by atoms with Crippen molar-refractivity contribution in [1.29, 1.82) is 0 Å². The van der Waals surface area contributed by atoms with Crippen molar-refractivity contribution in [2.75, 3.05) is 6.54 Å². The summed E-state index contributed by atoms with van der Waals surface area (Å²) in [5.41, 5.74) is 4.63. The summed E-state index contributed by atoms with van der Waals surface area (Å²) in [4.78, 5) is 24.2. The number of rotatable bonds is 5. The Labute approximate surface area is 171 Å². The van der Waals surface area contributed by atoms with Crippen molar-refractivity contribution in [2.45, 2.75) is 52.5 Å². The molecule has 1 saturated heterocycles. The minimum Gasteiger partial charge on any atom is -0.361 e. The quantitative estimate of drug-likeness (QED) is 0.647. The Morgan fingerprint density at radius 1 is 1.17 bits per heavy atom. The van der Waals surface area contributed by atoms with Gasteiger partial charge in [0.1, 0.15) is 11.6 Å². The molecule has 29 heavy (non-hydrogen) atoms. The molecule has 0 N–H and O–H groups in total. The first kappa shape index (κ1) is 19.3. The van der Waals surface area contributed by atoms with E-state index in [1.807, 2.05) is 49.9 Å². The largest absolute Gasteiger partial charge is 0.361 e. The number of hydrogen-bond acceptors (Lipinski definition) is 5. The number of hydrogen-bond donors (Lipinski definition) is 0. The van der Waals surface area contributed by atoms with Crippen LogP contribution < -0.4 is 0 Å². The molecule has 3 aromatic rings. The van der Waals surface area contributed by atoms with Crippen LogP contribution in [0.5, 0.6) is 0 Å². The maximum atomic E-state index is 13.0. The molecule has 1 aliphatic heterocycles. The average Bonchev–Trinajstić information content (AvgIpc) is 3.33. The van der Waals surface area contributed by atoms with Gasteiger partial charge in [0.25, 0.3) is 0 Å². The maximum absolute atomic E-state index is 13.0. The lowest BCUT2D eigenvalue weighted by atomic mass is 10.0. The molecule has 0 aliphatic carbocycles. The summed E-state index contributed by atoms with van der Waals surface area (Å²) < 4.78 is 5.31. The van der Waals surface area contributed by atoms with E-state index in [9.17, 15) is 4.79 Å². The normalized spacial score (nSPS) is 16.4. The van der Waals surface area contributed by atoms with Crippen LogP contribution in [0.2, 0.25) is 0 Å². The van der Waals surface area contributed by atoms with Gasteiger partial charge in [0.2, 0.25) is 5.91 Å². The van der Waals surface area contributed by atoms with E-state index in [1.165, 1.54) is 5.56 Å². The Morgan fingerprint density at radius 2 is 1.97 bits per heavy atom. The molecule has 0 spiro atoms. The van der Waals surface area contributed by atoms with E-state index >= 15 is 0 Å². The fourth-order valence-electron chi connectivity index (χ4n) is 4.15. The van der Waals surface area contributed by atoms with Crippen molar-refractivity contribution in [1.82, 2.24) is 20.0 Å². The van der Waals surface area contributed by atoms with Crippen LogP contribution in [0.25, 0.3) is 11.3 Å². The molecule has 0 unspecified atom stereocenters. The highest BCUT2D eigenvalue weighted by Gasteiger charge is 2.31. The zero-order valence-electron chi connectivity index (χ0n) is 17.2. The van der Waals surface area contributed by atoms with Crippen LogP contribution in [0.1, 0.15) is 53.8 Å². The van der Waals surface area contributed by atoms with Gasteiger partial charge in [0.05, 0.1) is 28.7 Å². The van der Waals surface area contributed by atoms with Crippen molar-refractivity contribution in [2.24, 2.45) is 0 Å². The van der Waals surface area contributed by atoms with E-state index in [2.05, 4.69) is 27.3 Å². The monoisotopic (exact) mass is 390 g/mol. The van der Waals surface area contributed by atoms with Gasteiger partial charge in [-0.05, 0) is 51.7 Å². The third kappa shape index (κ3) is 4.06. The first-order chi connectivity index (χ1) is 14.0. The highest BCUT2D eigenvalue weighted by molar-refractivity contribution is 5.77. The Balaban J connectivity index is 1.56. The second-order valence-electron chi connectivity index (χ2n) is 7.66. The van der Waals surface area contributed by atoms with E-state index in [1.54, 1.807) is 0 Å². The van der Waals surface area contributed by atoms with Crippen molar-refractivity contribution in [3.63, 3.8) is 0 Å². The summed E-state index contributed by atoms with van der Waals surface area (Å²) >= 11 is 0. The van der Waals surface area contributed by atoms with Gasteiger partial charge in [-0.25, -0.2) is 9.97 Å². The second-order valence-corrected chi connectivity index (χ2v) is 7.66. The van der Waals surface area contributed by atoms with E-state index in [0.29, 0.717) is 12.2 Å². The Morgan fingerprint density at radius 3 is 2.69 bits per heavy atom. The summed E-state index contributed by atoms with van der Waals surface area (Å²) in [5.74, 6) is 1.63. The average molecular weight is 390 g/mol. The lowest BCUT2D eigenvalue weighted by Crippen LogP contribution is -2.31. The zero-order valence-corrected chi connectivity index (χ0v) is 17.2. The van der Waals surface area contributed by atoms with Gasteiger partial charge in [-0.3, -0.25) is 4.79 Å². The van der Waals surface area contributed by atoms with Gasteiger partial charge >= 0.3 is 0 Å². The predicted octanol–water partition coefficient (Wildman–Crippen LogP) is 4.35. The van der Waals surface area contributed by atoms with Crippen LogP contribution >= 0.6 is 0 Å². The fourth-order valence-corrected chi connectivity index (χ4v) is 4.15. The van der Waals surface area contributed by atoms with Crippen LogP contribution in [-0.2, 0) is 11.2 Å². The number of carbonyl (C=O) groups is 1. The van der Waals surface area contributed by atoms with E-state index in [4.69, 9.17) is 4.52 Å². The maximum Gasteiger partial charge on any atom is 0.223 e. The Kier molecular flexibility index (Phi) is 5.43. The minimum atomic E-state index is -0.000745. The second kappa shape index (κ2) is 8.15. The smallest absolute Gasteiger partial charge is 0.223 e. The molecular formula is C23H26N4O2. The Hall–Kier alpha value is -3.02. The molecule has 0 radical (unpaired) electrons. The molecular weight excluding hydrogens is 364 g/mol. The molecule has 1 aromatic carbocycles. The molecule has 1 atom stereocenters. The SMILES string of the molecule is Cc1nc(-c2c(C)noc2C)cc([C@@H]2CCCN2C(=O)CCc2ccccc2)n1. The van der Waals surface area contributed by atoms with Gasteiger partial charge < -0.3 is 9.42 Å². The lowest BCUT2D eigenvalue weighted by molar-refractivity contribution is -0.132. The summed E-state index contributed by atoms with van der Waals surface area (Å²) in [6, 6.07) is 12.1. The molecule has 1 aliphatic rings. The molecule has 2 aromatic heterocycles. The van der Waals surface area contributed by atoms with Crippen LogP contribution in [0.4, 0.5) is 0 Å². The topological polar surface area (TPSA) is 72.1 Å². The van der Waals surface area contributed by atoms with Crippen LogP contribution in [0.3, 0.4) is 0 Å². The molecule has 1 fully saturated rings. The van der Waals surface area contributed by atoms with E-state index in [0.717, 1.165) is 54.2 Å². The van der Waals surface area contributed by atoms with Crippen molar-refractivity contribution in [3.05, 3.63) is 64.9 Å². The molecule has 3 heterocycles. The standard InChI is InChI=1S/C23H26N4O2/c1-15-23(16(2)29-26-15)20-14-19(24-17(3)25-20)21-10-7-13-27(21)22(28)12-11-18-8-5-4-6-9-18/h4-6,8-9,14,21H,7,10-13H2,1-3H3/t21-/m0/s1. The minimum absolute atomic E-state index is 0.000745. The number of amides is 1. The van der Waals surface area contributed by atoms with Crippen molar-refractivity contribution >= 4 is 5.91 Å². The predicted molar refractivity (Wildman–Crippen MR) is 110 cm³/mol. The number of nitrogens with zero attached hydrogens (tertiary/aromatic N) is 4. The third-order valence-corrected chi connectivity index (χ3v) is 5.53. The van der Waals surface area contributed by atoms with E-state index < -0.39 is 0 Å². The van der Waals surface area contributed by atoms with Crippen LogP contribution in [0.15, 0.2) is 40.9 Å². The van der Waals surface area contributed by atoms with Gasteiger partial charge in [-0.2, -0.15) is 0 Å². The van der Waals surface area contributed by atoms with Crippen molar-refractivity contribution < 1.29 is 9.32 Å². The molecule has 0 bridgehead atoms. The number of benzene rings is 1.